The molecule has 108 valence electrons. The quantitative estimate of drug-likeness (QED) is 0.850. The Kier molecular flexibility index (Phi) is 4.77. The Morgan fingerprint density at radius 1 is 1.05 bits per heavy atom. The average molecular weight is 264 g/mol. The molecule has 0 saturated carbocycles. The maximum absolute atomic E-state index is 5.91. The molecule has 0 spiro atoms. The van der Waals surface area contributed by atoms with Gasteiger partial charge in [0.15, 0.2) is 0 Å². The van der Waals surface area contributed by atoms with Gasteiger partial charge in [-0.1, -0.05) is 41.5 Å². The van der Waals surface area contributed by atoms with Crippen LogP contribution in [0, 0.1) is 0 Å². The number of nitrogen functional groups attached to an aromatic ring is 1. The van der Waals surface area contributed by atoms with Crippen molar-refractivity contribution in [2.45, 2.75) is 71.8 Å². The molecule has 0 atom stereocenters. The van der Waals surface area contributed by atoms with Gasteiger partial charge >= 0.3 is 0 Å². The molecule has 1 aromatic heterocycles. The molecule has 4 nitrogen and oxygen atoms in total. The lowest BCUT2D eigenvalue weighted by atomic mass is 9.90. The van der Waals surface area contributed by atoms with Crippen molar-refractivity contribution in [1.29, 1.82) is 0 Å². The largest absolute Gasteiger partial charge is 0.384 e. The molecule has 0 unspecified atom stereocenters. The zero-order valence-electron chi connectivity index (χ0n) is 13.2. The first-order valence-electron chi connectivity index (χ1n) is 7.19. The molecule has 4 heteroatoms. The van der Waals surface area contributed by atoms with Gasteiger partial charge in [0.2, 0.25) is 0 Å². The van der Waals surface area contributed by atoms with Gasteiger partial charge in [0.05, 0.1) is 0 Å². The minimum atomic E-state index is -0.0981. The zero-order valence-corrected chi connectivity index (χ0v) is 13.2. The third-order valence-electron chi connectivity index (χ3n) is 3.84. The van der Waals surface area contributed by atoms with E-state index in [1.54, 1.807) is 0 Å². The summed E-state index contributed by atoms with van der Waals surface area (Å²) in [5.74, 6) is 2.15. The second-order valence-corrected chi connectivity index (χ2v) is 6.22. The number of nitrogens with one attached hydrogen (secondary N) is 1. The molecule has 1 rings (SSSR count). The molecule has 0 saturated heterocycles. The van der Waals surface area contributed by atoms with Crippen molar-refractivity contribution in [2.75, 3.05) is 11.1 Å². The summed E-state index contributed by atoms with van der Waals surface area (Å²) in [7, 11) is 0. The fraction of sp³-hybridized carbons (Fsp3) is 0.733. The Morgan fingerprint density at radius 3 is 2.00 bits per heavy atom. The summed E-state index contributed by atoms with van der Waals surface area (Å²) < 4.78 is 0. The van der Waals surface area contributed by atoms with E-state index in [1.165, 1.54) is 0 Å². The van der Waals surface area contributed by atoms with Crippen LogP contribution >= 0.6 is 0 Å². The highest BCUT2D eigenvalue weighted by Gasteiger charge is 2.25. The highest BCUT2D eigenvalue weighted by atomic mass is 15.1. The monoisotopic (exact) mass is 264 g/mol. The van der Waals surface area contributed by atoms with Crippen molar-refractivity contribution >= 4 is 11.6 Å². The minimum absolute atomic E-state index is 0.0932. The van der Waals surface area contributed by atoms with E-state index in [4.69, 9.17) is 5.73 Å². The van der Waals surface area contributed by atoms with Crippen LogP contribution in [-0.4, -0.2) is 15.5 Å². The molecule has 0 aliphatic carbocycles. The maximum atomic E-state index is 5.91. The lowest BCUT2D eigenvalue weighted by molar-refractivity contribution is 0.418. The summed E-state index contributed by atoms with van der Waals surface area (Å²) in [6.45, 7) is 12.9. The van der Waals surface area contributed by atoms with Crippen LogP contribution in [0.4, 0.5) is 11.6 Å². The van der Waals surface area contributed by atoms with Gasteiger partial charge in [-0.3, -0.25) is 0 Å². The van der Waals surface area contributed by atoms with E-state index in [1.807, 2.05) is 6.07 Å². The molecule has 1 aromatic rings. The van der Waals surface area contributed by atoms with Gasteiger partial charge in [-0.15, -0.1) is 0 Å². The number of rotatable bonds is 5. The first-order valence-corrected chi connectivity index (χ1v) is 7.19. The molecule has 1 heterocycles. The Hall–Kier alpha value is -1.32. The summed E-state index contributed by atoms with van der Waals surface area (Å²) in [5, 5.41) is 3.56. The number of hydrogen-bond acceptors (Lipinski definition) is 4. The first kappa shape index (κ1) is 15.7. The van der Waals surface area contributed by atoms with Gasteiger partial charge in [-0.25, -0.2) is 9.97 Å². The summed E-state index contributed by atoms with van der Waals surface area (Å²) in [4.78, 5) is 8.97. The molecule has 0 aliphatic rings. The SMILES string of the molecule is CCC(CC)(CC)Nc1cc(N)nc(C(C)(C)C)n1. The van der Waals surface area contributed by atoms with E-state index in [0.717, 1.165) is 30.9 Å². The molecule has 0 aliphatic heterocycles. The number of nitrogens with two attached hydrogens (primary N) is 1. The third kappa shape index (κ3) is 3.82. The topological polar surface area (TPSA) is 63.8 Å². The van der Waals surface area contributed by atoms with Gasteiger partial charge in [0.25, 0.3) is 0 Å². The van der Waals surface area contributed by atoms with Crippen LogP contribution in [0.25, 0.3) is 0 Å². The van der Waals surface area contributed by atoms with Crippen LogP contribution < -0.4 is 11.1 Å². The van der Waals surface area contributed by atoms with Gasteiger partial charge in [0, 0.05) is 17.0 Å². The third-order valence-corrected chi connectivity index (χ3v) is 3.84. The molecule has 0 amide bonds. The fourth-order valence-corrected chi connectivity index (χ4v) is 2.15. The maximum Gasteiger partial charge on any atom is 0.138 e. The number of anilines is 2. The molecular formula is C15H28N4. The Balaban J connectivity index is 3.11. The lowest BCUT2D eigenvalue weighted by Gasteiger charge is -2.33. The zero-order chi connectivity index (χ0) is 14.7. The first-order chi connectivity index (χ1) is 8.76. The standard InChI is InChI=1S/C15H28N4/c1-7-15(8-2,9-3)19-12-10-11(16)17-13(18-12)14(4,5)6/h10H,7-9H2,1-6H3,(H3,16,17,18,19). The molecular weight excluding hydrogens is 236 g/mol. The van der Waals surface area contributed by atoms with Gasteiger partial charge < -0.3 is 11.1 Å². The van der Waals surface area contributed by atoms with Crippen molar-refractivity contribution in [3.8, 4) is 0 Å². The molecule has 0 fully saturated rings. The number of nitrogens with zero attached hydrogens (tertiary/aromatic N) is 2. The molecule has 0 aromatic carbocycles. The molecule has 19 heavy (non-hydrogen) atoms. The van der Waals surface area contributed by atoms with Crippen molar-refractivity contribution < 1.29 is 0 Å². The van der Waals surface area contributed by atoms with E-state index < -0.39 is 0 Å². The highest BCUT2D eigenvalue weighted by molar-refractivity contribution is 5.47. The van der Waals surface area contributed by atoms with Crippen LogP contribution in [0.3, 0.4) is 0 Å². The smallest absolute Gasteiger partial charge is 0.138 e. The fourth-order valence-electron chi connectivity index (χ4n) is 2.15. The van der Waals surface area contributed by atoms with E-state index in [9.17, 15) is 0 Å². The van der Waals surface area contributed by atoms with Crippen LogP contribution in [0.5, 0.6) is 0 Å². The van der Waals surface area contributed by atoms with Crippen molar-refractivity contribution in [3.63, 3.8) is 0 Å². The van der Waals surface area contributed by atoms with Crippen LogP contribution in [0.2, 0.25) is 0 Å². The lowest BCUT2D eigenvalue weighted by Crippen LogP contribution is -2.36. The summed E-state index contributed by atoms with van der Waals surface area (Å²) >= 11 is 0. The molecule has 0 radical (unpaired) electrons. The van der Waals surface area contributed by atoms with Crippen LogP contribution in [0.15, 0.2) is 6.07 Å². The van der Waals surface area contributed by atoms with Crippen molar-refractivity contribution in [1.82, 2.24) is 9.97 Å². The summed E-state index contributed by atoms with van der Waals surface area (Å²) in [6.07, 6.45) is 3.19. The van der Waals surface area contributed by atoms with Crippen LogP contribution in [-0.2, 0) is 5.41 Å². The second kappa shape index (κ2) is 5.76. The molecule has 0 bridgehead atoms. The number of hydrogen-bond donors (Lipinski definition) is 2. The Labute approximate surface area is 117 Å². The summed E-state index contributed by atoms with van der Waals surface area (Å²) in [5.41, 5.74) is 5.90. The van der Waals surface area contributed by atoms with E-state index in [2.05, 4.69) is 56.8 Å². The normalized spacial score (nSPS) is 12.5. The number of aromatic nitrogens is 2. The molecule has 3 N–H and O–H groups in total. The van der Waals surface area contributed by atoms with Gasteiger partial charge in [-0.2, -0.15) is 0 Å². The van der Waals surface area contributed by atoms with Crippen molar-refractivity contribution in [3.05, 3.63) is 11.9 Å². The predicted octanol–water partition coefficient (Wildman–Crippen LogP) is 3.74. The summed E-state index contributed by atoms with van der Waals surface area (Å²) in [6, 6.07) is 1.82. The van der Waals surface area contributed by atoms with Gasteiger partial charge in [0.1, 0.15) is 17.5 Å². The van der Waals surface area contributed by atoms with Gasteiger partial charge in [-0.05, 0) is 19.3 Å². The van der Waals surface area contributed by atoms with E-state index in [-0.39, 0.29) is 11.0 Å². The van der Waals surface area contributed by atoms with Crippen LogP contribution in [0.1, 0.15) is 66.6 Å². The Bertz CT molecular complexity index is 408. The van der Waals surface area contributed by atoms with Crippen molar-refractivity contribution in [2.24, 2.45) is 0 Å². The van der Waals surface area contributed by atoms with E-state index in [0.29, 0.717) is 5.82 Å². The average Bonchev–Trinajstić information content (AvgIpc) is 2.34. The second-order valence-electron chi connectivity index (χ2n) is 6.22. The minimum Gasteiger partial charge on any atom is -0.384 e. The van der Waals surface area contributed by atoms with E-state index >= 15 is 0 Å². The Morgan fingerprint density at radius 2 is 1.58 bits per heavy atom. The predicted molar refractivity (Wildman–Crippen MR) is 82.4 cm³/mol. The highest BCUT2D eigenvalue weighted by Crippen LogP contribution is 2.27.